The molecule has 0 saturated heterocycles. The summed E-state index contributed by atoms with van der Waals surface area (Å²) in [5, 5.41) is 0. The molecule has 1 unspecified atom stereocenters. The minimum Gasteiger partial charge on any atom is -0.497 e. The number of hydrogen-bond donors (Lipinski definition) is 0. The highest BCUT2D eigenvalue weighted by molar-refractivity contribution is 5.73. The van der Waals surface area contributed by atoms with Crippen LogP contribution < -0.4 is 9.47 Å². The number of ether oxygens (including phenoxy) is 3. The summed E-state index contributed by atoms with van der Waals surface area (Å²) in [6.45, 7) is 2.68. The second-order valence-corrected chi connectivity index (χ2v) is 6.05. The molecule has 1 aliphatic rings. The van der Waals surface area contributed by atoms with Crippen molar-refractivity contribution in [3.05, 3.63) is 60.3 Å². The maximum absolute atomic E-state index is 6.02. The van der Waals surface area contributed by atoms with Gasteiger partial charge in [-0.1, -0.05) is 31.2 Å². The highest BCUT2D eigenvalue weighted by atomic mass is 16.7. The van der Waals surface area contributed by atoms with Crippen LogP contribution in [0.1, 0.15) is 25.2 Å². The molecule has 0 radical (unpaired) electrons. The minimum absolute atomic E-state index is 0.487. The van der Waals surface area contributed by atoms with Crippen LogP contribution >= 0.6 is 0 Å². The minimum atomic E-state index is -0.487. The predicted molar refractivity (Wildman–Crippen MR) is 99.1 cm³/mol. The van der Waals surface area contributed by atoms with Crippen molar-refractivity contribution in [3.63, 3.8) is 0 Å². The Hall–Kier alpha value is -2.92. The molecule has 0 fully saturated rings. The zero-order valence-corrected chi connectivity index (χ0v) is 14.8. The number of aromatic nitrogens is 2. The topological polar surface area (TPSA) is 53.5 Å². The number of para-hydroxylation sites is 1. The smallest absolute Gasteiger partial charge is 0.230 e. The lowest BCUT2D eigenvalue weighted by Crippen LogP contribution is -2.19. The second-order valence-electron chi connectivity index (χ2n) is 6.05. The zero-order chi connectivity index (χ0) is 17.9. The van der Waals surface area contributed by atoms with Crippen LogP contribution in [0.15, 0.2) is 54.7 Å². The highest BCUT2D eigenvalue weighted by Crippen LogP contribution is 2.42. The van der Waals surface area contributed by atoms with E-state index in [1.807, 2.05) is 48.5 Å². The van der Waals surface area contributed by atoms with Gasteiger partial charge in [-0.15, -0.1) is 0 Å². The van der Waals surface area contributed by atoms with Crippen LogP contribution in [0.5, 0.6) is 11.5 Å². The van der Waals surface area contributed by atoms with Crippen LogP contribution in [0.2, 0.25) is 0 Å². The van der Waals surface area contributed by atoms with E-state index in [2.05, 4.69) is 11.9 Å². The normalized spacial score (nSPS) is 14.9. The van der Waals surface area contributed by atoms with Gasteiger partial charge in [0.05, 0.1) is 25.0 Å². The standard InChI is InChI=1S/C21H20N2O3/c1-3-11-25-21-17-13-22-20(14-7-6-8-15(12-14)24-2)23-19(17)16-9-4-5-10-18(16)26-21/h4-10,12-13,21H,3,11H2,1-2H3. The lowest BCUT2D eigenvalue weighted by atomic mass is 10.0. The Morgan fingerprint density at radius 2 is 2.00 bits per heavy atom. The fraction of sp³-hybridized carbons (Fsp3) is 0.238. The van der Waals surface area contributed by atoms with E-state index >= 15 is 0 Å². The van der Waals surface area contributed by atoms with Crippen LogP contribution in [0.4, 0.5) is 0 Å². The summed E-state index contributed by atoms with van der Waals surface area (Å²) in [7, 11) is 1.65. The Kier molecular flexibility index (Phi) is 4.54. The molecular formula is C21H20N2O3. The summed E-state index contributed by atoms with van der Waals surface area (Å²) < 4.78 is 17.2. The SMILES string of the molecule is CCCOC1Oc2ccccc2-c2nc(-c3cccc(OC)c3)ncc21. The molecule has 1 aromatic heterocycles. The van der Waals surface area contributed by atoms with E-state index in [0.717, 1.165) is 40.3 Å². The van der Waals surface area contributed by atoms with Gasteiger partial charge in [0.1, 0.15) is 11.5 Å². The largest absolute Gasteiger partial charge is 0.497 e. The van der Waals surface area contributed by atoms with Gasteiger partial charge in [0, 0.05) is 17.3 Å². The van der Waals surface area contributed by atoms with Gasteiger partial charge in [0.15, 0.2) is 5.82 Å². The molecule has 2 aromatic carbocycles. The van der Waals surface area contributed by atoms with Crippen LogP contribution in [0.25, 0.3) is 22.6 Å². The first kappa shape index (κ1) is 16.5. The predicted octanol–water partition coefficient (Wildman–Crippen LogP) is 4.64. The van der Waals surface area contributed by atoms with E-state index in [0.29, 0.717) is 12.4 Å². The molecule has 1 aliphatic heterocycles. The highest BCUT2D eigenvalue weighted by Gasteiger charge is 2.28. The van der Waals surface area contributed by atoms with Crippen LogP contribution in [-0.2, 0) is 4.74 Å². The third-order valence-electron chi connectivity index (χ3n) is 4.25. The van der Waals surface area contributed by atoms with E-state index in [-0.39, 0.29) is 0 Å². The molecule has 26 heavy (non-hydrogen) atoms. The van der Waals surface area contributed by atoms with Gasteiger partial charge in [-0.2, -0.15) is 0 Å². The second kappa shape index (κ2) is 7.14. The molecule has 0 amide bonds. The molecule has 4 rings (SSSR count). The number of hydrogen-bond acceptors (Lipinski definition) is 5. The fourth-order valence-electron chi connectivity index (χ4n) is 2.97. The van der Waals surface area contributed by atoms with Crippen LogP contribution in [0, 0.1) is 0 Å². The van der Waals surface area contributed by atoms with Crippen molar-refractivity contribution >= 4 is 0 Å². The van der Waals surface area contributed by atoms with Crippen molar-refractivity contribution in [2.75, 3.05) is 13.7 Å². The lowest BCUT2D eigenvalue weighted by Gasteiger charge is -2.27. The van der Waals surface area contributed by atoms with Gasteiger partial charge in [-0.05, 0) is 30.7 Å². The molecule has 5 nitrogen and oxygen atoms in total. The summed E-state index contributed by atoms with van der Waals surface area (Å²) in [6.07, 6.45) is 2.23. The number of nitrogens with zero attached hydrogens (tertiary/aromatic N) is 2. The fourth-order valence-corrected chi connectivity index (χ4v) is 2.97. The Morgan fingerprint density at radius 3 is 2.85 bits per heavy atom. The van der Waals surface area contributed by atoms with E-state index in [9.17, 15) is 0 Å². The first-order valence-electron chi connectivity index (χ1n) is 8.69. The average Bonchev–Trinajstić information content (AvgIpc) is 2.71. The molecular weight excluding hydrogens is 328 g/mol. The number of benzene rings is 2. The molecule has 0 aliphatic carbocycles. The maximum atomic E-state index is 6.02. The van der Waals surface area contributed by atoms with Gasteiger partial charge < -0.3 is 14.2 Å². The quantitative estimate of drug-likeness (QED) is 0.672. The van der Waals surface area contributed by atoms with Gasteiger partial charge in [0.25, 0.3) is 0 Å². The molecule has 0 bridgehead atoms. The zero-order valence-electron chi connectivity index (χ0n) is 14.8. The Balaban J connectivity index is 1.81. The van der Waals surface area contributed by atoms with Crippen molar-refractivity contribution in [2.45, 2.75) is 19.6 Å². The van der Waals surface area contributed by atoms with Gasteiger partial charge in [0.2, 0.25) is 6.29 Å². The van der Waals surface area contributed by atoms with Crippen LogP contribution in [0.3, 0.4) is 0 Å². The number of methoxy groups -OCH3 is 1. The Morgan fingerprint density at radius 1 is 1.12 bits per heavy atom. The van der Waals surface area contributed by atoms with Gasteiger partial charge in [-0.3, -0.25) is 0 Å². The monoisotopic (exact) mass is 348 g/mol. The van der Waals surface area contributed by atoms with Crippen molar-refractivity contribution < 1.29 is 14.2 Å². The summed E-state index contributed by atoms with van der Waals surface area (Å²) >= 11 is 0. The number of rotatable bonds is 5. The molecule has 132 valence electrons. The Bertz CT molecular complexity index is 927. The molecule has 3 aromatic rings. The van der Waals surface area contributed by atoms with Crippen molar-refractivity contribution in [2.24, 2.45) is 0 Å². The molecule has 0 saturated carbocycles. The molecule has 0 N–H and O–H groups in total. The van der Waals surface area contributed by atoms with E-state index in [1.165, 1.54) is 0 Å². The summed E-state index contributed by atoms with van der Waals surface area (Å²) in [6, 6.07) is 15.6. The van der Waals surface area contributed by atoms with E-state index in [4.69, 9.17) is 19.2 Å². The van der Waals surface area contributed by atoms with Crippen LogP contribution in [-0.4, -0.2) is 23.7 Å². The summed E-state index contributed by atoms with van der Waals surface area (Å²) in [5.74, 6) is 2.20. The summed E-state index contributed by atoms with van der Waals surface area (Å²) in [5.41, 5.74) is 3.55. The summed E-state index contributed by atoms with van der Waals surface area (Å²) in [4.78, 5) is 9.37. The van der Waals surface area contributed by atoms with Gasteiger partial charge in [-0.25, -0.2) is 9.97 Å². The third-order valence-corrected chi connectivity index (χ3v) is 4.25. The Labute approximate surface area is 152 Å². The molecule has 2 heterocycles. The van der Waals surface area contributed by atoms with Crippen molar-refractivity contribution in [1.82, 2.24) is 9.97 Å². The van der Waals surface area contributed by atoms with Crippen molar-refractivity contribution in [1.29, 1.82) is 0 Å². The lowest BCUT2D eigenvalue weighted by molar-refractivity contribution is -0.0851. The number of fused-ring (bicyclic) bond motifs is 3. The average molecular weight is 348 g/mol. The maximum Gasteiger partial charge on any atom is 0.230 e. The van der Waals surface area contributed by atoms with E-state index < -0.39 is 6.29 Å². The first-order chi connectivity index (χ1) is 12.8. The third kappa shape index (κ3) is 3.02. The van der Waals surface area contributed by atoms with E-state index in [1.54, 1.807) is 13.3 Å². The van der Waals surface area contributed by atoms with Crippen molar-refractivity contribution in [3.8, 4) is 34.1 Å². The molecule has 1 atom stereocenters. The first-order valence-corrected chi connectivity index (χ1v) is 8.69. The molecule has 0 spiro atoms. The molecule has 5 heteroatoms. The van der Waals surface area contributed by atoms with Gasteiger partial charge >= 0.3 is 0 Å².